The maximum absolute atomic E-state index is 12.8. The number of rotatable bonds is 3. The highest BCUT2D eigenvalue weighted by atomic mass is 19.4. The number of nitrogens with zero attached hydrogens (tertiary/aromatic N) is 1. The molecule has 1 amide bonds. The van der Waals surface area contributed by atoms with Crippen LogP contribution in [0.15, 0.2) is 18.2 Å². The minimum atomic E-state index is -4.96. The van der Waals surface area contributed by atoms with Crippen LogP contribution in [0.5, 0.6) is 5.75 Å². The molecule has 0 bridgehead atoms. The van der Waals surface area contributed by atoms with E-state index in [4.69, 9.17) is 4.74 Å². The zero-order valence-corrected chi connectivity index (χ0v) is 13.2. The van der Waals surface area contributed by atoms with Gasteiger partial charge in [0.25, 0.3) is 5.91 Å². The molecule has 1 atom stereocenters. The number of amides is 1. The van der Waals surface area contributed by atoms with E-state index >= 15 is 0 Å². The van der Waals surface area contributed by atoms with E-state index in [1.165, 1.54) is 4.90 Å². The molecule has 4 nitrogen and oxygen atoms in total. The first-order valence-electron chi connectivity index (χ1n) is 7.40. The molecule has 1 heterocycles. The van der Waals surface area contributed by atoms with Gasteiger partial charge in [-0.2, -0.15) is 26.3 Å². The molecule has 0 unspecified atom stereocenters. The van der Waals surface area contributed by atoms with Crippen molar-refractivity contribution in [2.45, 2.75) is 25.3 Å². The zero-order chi connectivity index (χ0) is 18.8. The molecular weight excluding hydrogens is 354 g/mol. The maximum Gasteiger partial charge on any atom is 0.416 e. The summed E-state index contributed by atoms with van der Waals surface area (Å²) in [5, 5.41) is 3.10. The summed E-state index contributed by atoms with van der Waals surface area (Å²) >= 11 is 0. The monoisotopic (exact) mass is 370 g/mol. The van der Waals surface area contributed by atoms with Crippen molar-refractivity contribution in [3.8, 4) is 5.75 Å². The van der Waals surface area contributed by atoms with Crippen LogP contribution in [0.25, 0.3) is 0 Å². The summed E-state index contributed by atoms with van der Waals surface area (Å²) in [7, 11) is 0. The highest BCUT2D eigenvalue weighted by molar-refractivity contribution is 5.78. The van der Waals surface area contributed by atoms with Gasteiger partial charge >= 0.3 is 12.4 Å². The van der Waals surface area contributed by atoms with Gasteiger partial charge in [-0.15, -0.1) is 0 Å². The fourth-order valence-corrected chi connectivity index (χ4v) is 2.40. The van der Waals surface area contributed by atoms with E-state index < -0.39 is 41.7 Å². The van der Waals surface area contributed by atoms with E-state index in [1.54, 1.807) is 0 Å². The van der Waals surface area contributed by atoms with Gasteiger partial charge in [-0.1, -0.05) is 0 Å². The van der Waals surface area contributed by atoms with Crippen molar-refractivity contribution in [1.82, 2.24) is 10.2 Å². The van der Waals surface area contributed by atoms with Crippen LogP contribution in [0.4, 0.5) is 26.3 Å². The highest BCUT2D eigenvalue weighted by Crippen LogP contribution is 2.38. The Morgan fingerprint density at radius 1 is 1.16 bits per heavy atom. The van der Waals surface area contributed by atoms with E-state index in [9.17, 15) is 31.1 Å². The molecule has 1 N–H and O–H groups in total. The van der Waals surface area contributed by atoms with Gasteiger partial charge < -0.3 is 15.0 Å². The Labute approximate surface area is 139 Å². The molecule has 1 saturated heterocycles. The molecule has 1 fully saturated rings. The molecule has 1 aromatic carbocycles. The van der Waals surface area contributed by atoms with E-state index in [2.05, 4.69) is 5.32 Å². The zero-order valence-electron chi connectivity index (χ0n) is 13.2. The first kappa shape index (κ1) is 19.4. The number of ether oxygens (including phenoxy) is 1. The lowest BCUT2D eigenvalue weighted by atomic mass is 10.1. The summed E-state index contributed by atoms with van der Waals surface area (Å²) in [6.07, 6.45) is -9.92. The predicted octanol–water partition coefficient (Wildman–Crippen LogP) is 2.92. The lowest BCUT2D eigenvalue weighted by Crippen LogP contribution is -2.52. The van der Waals surface area contributed by atoms with Crippen molar-refractivity contribution in [2.24, 2.45) is 0 Å². The van der Waals surface area contributed by atoms with E-state index in [-0.39, 0.29) is 12.1 Å². The average Bonchev–Trinajstić information content (AvgIpc) is 2.50. The second-order valence-electron chi connectivity index (χ2n) is 5.73. The molecule has 1 aromatic rings. The fourth-order valence-electron chi connectivity index (χ4n) is 2.40. The lowest BCUT2D eigenvalue weighted by molar-refractivity contribution is -0.143. The summed E-state index contributed by atoms with van der Waals surface area (Å²) < 4.78 is 81.5. The fraction of sp³-hybridized carbons (Fsp3) is 0.533. The van der Waals surface area contributed by atoms with Gasteiger partial charge in [0, 0.05) is 25.7 Å². The van der Waals surface area contributed by atoms with Crippen LogP contribution in [-0.2, 0) is 17.1 Å². The number of halogens is 6. The molecule has 0 aromatic heterocycles. The van der Waals surface area contributed by atoms with E-state index in [1.807, 2.05) is 6.92 Å². The quantitative estimate of drug-likeness (QED) is 0.832. The first-order chi connectivity index (χ1) is 11.5. The number of alkyl halides is 6. The molecule has 2 rings (SSSR count). The Hall–Kier alpha value is -1.97. The number of hydrogen-bond donors (Lipinski definition) is 1. The number of carbonyl (C=O) groups is 1. The summed E-state index contributed by atoms with van der Waals surface area (Å²) in [6.45, 7) is 2.55. The Bertz CT molecular complexity index is 597. The predicted molar refractivity (Wildman–Crippen MR) is 76.0 cm³/mol. The Kier molecular flexibility index (Phi) is 5.50. The Morgan fingerprint density at radius 2 is 1.72 bits per heavy atom. The van der Waals surface area contributed by atoms with Crippen LogP contribution in [0.1, 0.15) is 18.1 Å². The molecule has 0 aliphatic carbocycles. The van der Waals surface area contributed by atoms with E-state index in [0.717, 1.165) is 0 Å². The molecule has 140 valence electrons. The Balaban J connectivity index is 2.14. The van der Waals surface area contributed by atoms with Crippen LogP contribution in [0, 0.1) is 0 Å². The van der Waals surface area contributed by atoms with Crippen LogP contribution < -0.4 is 10.1 Å². The highest BCUT2D eigenvalue weighted by Gasteiger charge is 2.37. The second-order valence-corrected chi connectivity index (χ2v) is 5.73. The Morgan fingerprint density at radius 3 is 2.20 bits per heavy atom. The molecule has 1 aliphatic heterocycles. The smallest absolute Gasteiger partial charge is 0.416 e. The van der Waals surface area contributed by atoms with E-state index in [0.29, 0.717) is 31.8 Å². The van der Waals surface area contributed by atoms with Crippen molar-refractivity contribution in [3.05, 3.63) is 29.3 Å². The summed E-state index contributed by atoms with van der Waals surface area (Å²) in [5.41, 5.74) is -2.97. The summed E-state index contributed by atoms with van der Waals surface area (Å²) in [4.78, 5) is 13.5. The SMILES string of the molecule is C[C@@H]1CN(C(=O)COc2cc(C(F)(F)F)cc(C(F)(F)F)c2)CCN1. The third kappa shape index (κ3) is 5.25. The molecule has 25 heavy (non-hydrogen) atoms. The van der Waals surface area contributed by atoms with Crippen molar-refractivity contribution in [3.63, 3.8) is 0 Å². The molecule has 0 radical (unpaired) electrons. The van der Waals surface area contributed by atoms with Gasteiger partial charge in [0.05, 0.1) is 11.1 Å². The molecular formula is C15H16F6N2O2. The third-order valence-electron chi connectivity index (χ3n) is 3.64. The van der Waals surface area contributed by atoms with Gasteiger partial charge in [-0.25, -0.2) is 0 Å². The number of benzene rings is 1. The van der Waals surface area contributed by atoms with Gasteiger partial charge in [0.2, 0.25) is 0 Å². The topological polar surface area (TPSA) is 41.6 Å². The number of nitrogens with one attached hydrogen (secondary N) is 1. The molecule has 10 heteroatoms. The summed E-state index contributed by atoms with van der Waals surface area (Å²) in [6, 6.07) is 0.946. The van der Waals surface area contributed by atoms with Gasteiger partial charge in [0.1, 0.15) is 5.75 Å². The lowest BCUT2D eigenvalue weighted by Gasteiger charge is -2.31. The standard InChI is InChI=1S/C15H16F6N2O2/c1-9-7-23(3-2-22-9)13(24)8-25-12-5-10(14(16,17)18)4-11(6-12)15(19,20)21/h4-6,9,22H,2-3,7-8H2,1H3/t9-/m1/s1. The minimum Gasteiger partial charge on any atom is -0.484 e. The van der Waals surface area contributed by atoms with Gasteiger partial charge in [-0.3, -0.25) is 4.79 Å². The minimum absolute atomic E-state index is 0.00661. The largest absolute Gasteiger partial charge is 0.484 e. The van der Waals surface area contributed by atoms with Crippen LogP contribution in [-0.4, -0.2) is 43.1 Å². The van der Waals surface area contributed by atoms with Crippen LogP contribution in [0.3, 0.4) is 0 Å². The van der Waals surface area contributed by atoms with Crippen LogP contribution >= 0.6 is 0 Å². The average molecular weight is 370 g/mol. The van der Waals surface area contributed by atoms with Crippen molar-refractivity contribution in [2.75, 3.05) is 26.2 Å². The van der Waals surface area contributed by atoms with Gasteiger partial charge in [0.15, 0.2) is 6.61 Å². The van der Waals surface area contributed by atoms with Crippen molar-refractivity contribution in [1.29, 1.82) is 0 Å². The van der Waals surface area contributed by atoms with Crippen LogP contribution in [0.2, 0.25) is 0 Å². The second kappa shape index (κ2) is 7.11. The van der Waals surface area contributed by atoms with Crippen molar-refractivity contribution < 1.29 is 35.9 Å². The maximum atomic E-state index is 12.8. The van der Waals surface area contributed by atoms with Crippen molar-refractivity contribution >= 4 is 5.91 Å². The molecule has 0 saturated carbocycles. The molecule has 1 aliphatic rings. The third-order valence-corrected chi connectivity index (χ3v) is 3.64. The normalized spacial score (nSPS) is 19.0. The number of piperazine rings is 1. The first-order valence-corrected chi connectivity index (χ1v) is 7.40. The summed E-state index contributed by atoms with van der Waals surface area (Å²) in [5.74, 6) is -1.15. The van der Waals surface area contributed by atoms with Gasteiger partial charge in [-0.05, 0) is 25.1 Å². The molecule has 0 spiro atoms. The number of carbonyl (C=O) groups excluding carboxylic acids is 1. The number of hydrogen-bond acceptors (Lipinski definition) is 3.